The van der Waals surface area contributed by atoms with Crippen LogP contribution in [0.15, 0.2) is 48.5 Å². The van der Waals surface area contributed by atoms with Gasteiger partial charge >= 0.3 is 0 Å². The minimum Gasteiger partial charge on any atom is -0.497 e. The Morgan fingerprint density at radius 1 is 1.23 bits per heavy atom. The molecule has 0 saturated carbocycles. The molecule has 6 heteroatoms. The summed E-state index contributed by atoms with van der Waals surface area (Å²) in [5, 5.41) is 4.51. The first kappa shape index (κ1) is 18.4. The summed E-state index contributed by atoms with van der Waals surface area (Å²) >= 11 is 7.53. The third kappa shape index (κ3) is 4.62. The minimum atomic E-state index is -0.0425. The van der Waals surface area contributed by atoms with E-state index in [0.717, 1.165) is 32.5 Å². The maximum absolute atomic E-state index is 12.2. The van der Waals surface area contributed by atoms with E-state index < -0.39 is 0 Å². The van der Waals surface area contributed by atoms with Gasteiger partial charge < -0.3 is 10.1 Å². The first-order chi connectivity index (χ1) is 12.5. The second-order valence-corrected chi connectivity index (χ2v) is 7.55. The van der Waals surface area contributed by atoms with Crippen molar-refractivity contribution in [3.63, 3.8) is 0 Å². The van der Waals surface area contributed by atoms with E-state index in [2.05, 4.69) is 10.3 Å². The topological polar surface area (TPSA) is 51.2 Å². The fourth-order valence-electron chi connectivity index (χ4n) is 2.61. The second-order valence-electron chi connectivity index (χ2n) is 5.82. The van der Waals surface area contributed by atoms with Crippen LogP contribution in [0.4, 0.5) is 0 Å². The molecule has 2 aromatic carbocycles. The van der Waals surface area contributed by atoms with Crippen LogP contribution < -0.4 is 10.1 Å². The molecular weight excluding hydrogens is 368 g/mol. The van der Waals surface area contributed by atoms with Crippen LogP contribution in [-0.4, -0.2) is 18.0 Å². The van der Waals surface area contributed by atoms with E-state index in [0.29, 0.717) is 18.0 Å². The number of halogens is 1. The number of hydrogen-bond acceptors (Lipinski definition) is 4. The third-order valence-electron chi connectivity index (χ3n) is 3.89. The summed E-state index contributed by atoms with van der Waals surface area (Å²) in [6.07, 6.45) is 0.311. The number of carbonyl (C=O) groups excluding carboxylic acids is 1. The fraction of sp³-hybridized carbons (Fsp3) is 0.200. The molecule has 4 nitrogen and oxygen atoms in total. The van der Waals surface area contributed by atoms with Crippen LogP contribution >= 0.6 is 22.9 Å². The molecule has 0 radical (unpaired) electrons. The van der Waals surface area contributed by atoms with Crippen molar-refractivity contribution in [2.75, 3.05) is 7.11 Å². The summed E-state index contributed by atoms with van der Waals surface area (Å²) in [4.78, 5) is 18.0. The third-order valence-corrected chi connectivity index (χ3v) is 5.12. The van der Waals surface area contributed by atoms with E-state index in [1.165, 1.54) is 0 Å². The Kier molecular flexibility index (Phi) is 5.91. The first-order valence-electron chi connectivity index (χ1n) is 8.17. The summed E-state index contributed by atoms with van der Waals surface area (Å²) in [7, 11) is 1.61. The van der Waals surface area contributed by atoms with Gasteiger partial charge in [0.05, 0.1) is 25.8 Å². The van der Waals surface area contributed by atoms with Crippen molar-refractivity contribution < 1.29 is 9.53 Å². The number of hydrogen-bond donors (Lipinski definition) is 1. The minimum absolute atomic E-state index is 0.0425. The lowest BCUT2D eigenvalue weighted by Gasteiger charge is -2.05. The van der Waals surface area contributed by atoms with E-state index in [-0.39, 0.29) is 5.91 Å². The molecule has 0 aliphatic heterocycles. The van der Waals surface area contributed by atoms with Gasteiger partial charge in [-0.15, -0.1) is 11.3 Å². The normalized spacial score (nSPS) is 10.6. The molecule has 0 atom stereocenters. The molecule has 1 amide bonds. The average molecular weight is 387 g/mol. The van der Waals surface area contributed by atoms with E-state index in [9.17, 15) is 4.79 Å². The highest BCUT2D eigenvalue weighted by atomic mass is 35.5. The highest BCUT2D eigenvalue weighted by Gasteiger charge is 2.11. The lowest BCUT2D eigenvalue weighted by molar-refractivity contribution is -0.120. The number of rotatable bonds is 6. The van der Waals surface area contributed by atoms with Crippen molar-refractivity contribution in [2.45, 2.75) is 19.9 Å². The molecule has 0 unspecified atom stereocenters. The monoisotopic (exact) mass is 386 g/mol. The van der Waals surface area contributed by atoms with Gasteiger partial charge in [0.15, 0.2) is 0 Å². The number of ether oxygens (including phenoxy) is 1. The molecule has 0 spiro atoms. The second kappa shape index (κ2) is 8.34. The van der Waals surface area contributed by atoms with Gasteiger partial charge in [0.1, 0.15) is 10.8 Å². The highest BCUT2D eigenvalue weighted by molar-refractivity contribution is 7.12. The Bertz CT molecular complexity index is 906. The molecule has 0 aliphatic rings. The lowest BCUT2D eigenvalue weighted by Crippen LogP contribution is -2.24. The van der Waals surface area contributed by atoms with Gasteiger partial charge in [-0.2, -0.15) is 0 Å². The predicted molar refractivity (Wildman–Crippen MR) is 106 cm³/mol. The van der Waals surface area contributed by atoms with Gasteiger partial charge in [0.2, 0.25) is 5.91 Å². The van der Waals surface area contributed by atoms with E-state index >= 15 is 0 Å². The number of nitrogens with one attached hydrogen (secondary N) is 1. The van der Waals surface area contributed by atoms with Crippen LogP contribution in [0.3, 0.4) is 0 Å². The van der Waals surface area contributed by atoms with Crippen LogP contribution in [0.2, 0.25) is 5.02 Å². The number of amides is 1. The van der Waals surface area contributed by atoms with Gasteiger partial charge in [-0.1, -0.05) is 35.9 Å². The quantitative estimate of drug-likeness (QED) is 0.671. The number of carbonyl (C=O) groups is 1. The maximum Gasteiger partial charge on any atom is 0.224 e. The molecule has 0 bridgehead atoms. The zero-order valence-corrected chi connectivity index (χ0v) is 16.2. The molecule has 0 fully saturated rings. The molecule has 26 heavy (non-hydrogen) atoms. The Morgan fingerprint density at radius 3 is 2.73 bits per heavy atom. The van der Waals surface area contributed by atoms with Crippen LogP contribution in [-0.2, 0) is 17.8 Å². The number of methoxy groups -OCH3 is 1. The summed E-state index contributed by atoms with van der Waals surface area (Å²) in [5.41, 5.74) is 2.87. The standard InChI is InChI=1S/C20H19ClN2O2S/c1-13-20(15-6-8-16(21)9-7-15)23-19(26-13)12-22-18(24)11-14-4-3-5-17(10-14)25-2/h3-10H,11-12H2,1-2H3,(H,22,24). The molecule has 134 valence electrons. The molecule has 0 saturated heterocycles. The number of benzene rings is 2. The highest BCUT2D eigenvalue weighted by Crippen LogP contribution is 2.28. The van der Waals surface area contributed by atoms with E-state index in [4.69, 9.17) is 16.3 Å². The summed E-state index contributed by atoms with van der Waals surface area (Å²) < 4.78 is 5.18. The summed E-state index contributed by atoms with van der Waals surface area (Å²) in [5.74, 6) is 0.706. The van der Waals surface area contributed by atoms with E-state index in [1.54, 1.807) is 18.4 Å². The first-order valence-corrected chi connectivity index (χ1v) is 9.36. The summed E-state index contributed by atoms with van der Waals surface area (Å²) in [6.45, 7) is 2.45. The molecule has 3 aromatic rings. The zero-order valence-electron chi connectivity index (χ0n) is 14.6. The zero-order chi connectivity index (χ0) is 18.5. The van der Waals surface area contributed by atoms with Crippen molar-refractivity contribution in [1.29, 1.82) is 0 Å². The lowest BCUT2D eigenvalue weighted by atomic mass is 10.1. The Morgan fingerprint density at radius 2 is 2.00 bits per heavy atom. The molecular formula is C20H19ClN2O2S. The largest absolute Gasteiger partial charge is 0.497 e. The molecule has 3 rings (SSSR count). The predicted octanol–water partition coefficient (Wildman–Crippen LogP) is 4.64. The van der Waals surface area contributed by atoms with Gasteiger partial charge in [-0.25, -0.2) is 4.98 Å². The van der Waals surface area contributed by atoms with Gasteiger partial charge in [0, 0.05) is 15.5 Å². The smallest absolute Gasteiger partial charge is 0.224 e. The van der Waals surface area contributed by atoms with Crippen molar-refractivity contribution in [3.05, 3.63) is 69.0 Å². The number of thiazole rings is 1. The maximum atomic E-state index is 12.2. The molecule has 1 N–H and O–H groups in total. The van der Waals surface area contributed by atoms with Gasteiger partial charge in [0.25, 0.3) is 0 Å². The fourth-order valence-corrected chi connectivity index (χ4v) is 3.63. The van der Waals surface area contributed by atoms with E-state index in [1.807, 2.05) is 55.5 Å². The Balaban J connectivity index is 1.62. The number of aromatic nitrogens is 1. The van der Waals surface area contributed by atoms with Crippen LogP contribution in [0.1, 0.15) is 15.4 Å². The van der Waals surface area contributed by atoms with Crippen LogP contribution in [0, 0.1) is 6.92 Å². The van der Waals surface area contributed by atoms with Crippen molar-refractivity contribution >= 4 is 28.8 Å². The van der Waals surface area contributed by atoms with Crippen LogP contribution in [0.25, 0.3) is 11.3 Å². The van der Waals surface area contributed by atoms with Crippen LogP contribution in [0.5, 0.6) is 5.75 Å². The average Bonchev–Trinajstić information content (AvgIpc) is 3.01. The van der Waals surface area contributed by atoms with Gasteiger partial charge in [-0.05, 0) is 36.8 Å². The molecule has 1 heterocycles. The number of aryl methyl sites for hydroxylation is 1. The Labute approximate surface area is 161 Å². The van der Waals surface area contributed by atoms with Crippen molar-refractivity contribution in [3.8, 4) is 17.0 Å². The Hall–Kier alpha value is -2.37. The number of nitrogens with zero attached hydrogens (tertiary/aromatic N) is 1. The molecule has 1 aromatic heterocycles. The SMILES string of the molecule is COc1cccc(CC(=O)NCc2nc(-c3ccc(Cl)cc3)c(C)s2)c1. The van der Waals surface area contributed by atoms with Crippen molar-refractivity contribution in [2.24, 2.45) is 0 Å². The van der Waals surface area contributed by atoms with Crippen molar-refractivity contribution in [1.82, 2.24) is 10.3 Å². The summed E-state index contributed by atoms with van der Waals surface area (Å²) in [6, 6.07) is 15.1. The molecule has 0 aliphatic carbocycles. The van der Waals surface area contributed by atoms with Gasteiger partial charge in [-0.3, -0.25) is 4.79 Å².